The summed E-state index contributed by atoms with van der Waals surface area (Å²) in [6, 6.07) is 3.29. The van der Waals surface area contributed by atoms with Crippen molar-refractivity contribution in [3.05, 3.63) is 35.1 Å². The van der Waals surface area contributed by atoms with Gasteiger partial charge in [0, 0.05) is 0 Å². The fourth-order valence-corrected chi connectivity index (χ4v) is 2.93. The highest BCUT2D eigenvalue weighted by Crippen LogP contribution is 2.33. The number of hydrogen-bond donors (Lipinski definition) is 0. The largest absolute Gasteiger partial charge is 0.419 e. The summed E-state index contributed by atoms with van der Waals surface area (Å²) in [5.41, 5.74) is -0.512. The van der Waals surface area contributed by atoms with Crippen LogP contribution < -0.4 is 0 Å². The number of hydrogen-bond acceptors (Lipinski definition) is 0. The molecule has 0 atom stereocenters. The predicted octanol–water partition coefficient (Wildman–Crippen LogP) is 5.60. The Balaban J connectivity index is 1.92. The van der Waals surface area contributed by atoms with Crippen molar-refractivity contribution >= 4 is 0 Å². The highest BCUT2D eigenvalue weighted by molar-refractivity contribution is 5.26. The average molecular weight is 288 g/mol. The molecule has 1 aromatic carbocycles. The van der Waals surface area contributed by atoms with Crippen LogP contribution >= 0.6 is 0 Å². The van der Waals surface area contributed by atoms with E-state index in [1.54, 1.807) is 0 Å². The summed E-state index contributed by atoms with van der Waals surface area (Å²) in [6.45, 7) is 2.25. The molecule has 4 heteroatoms. The standard InChI is InChI=1S/C16H20F4/c1-11-2-4-12(5-3-11)6-7-13-8-9-14(15(17)10-13)16(18,19)20/h8-12H,2-7H2,1H3. The third-order valence-electron chi connectivity index (χ3n) is 4.32. The highest BCUT2D eigenvalue weighted by atomic mass is 19.4. The monoisotopic (exact) mass is 288 g/mol. The lowest BCUT2D eigenvalue weighted by Gasteiger charge is -2.26. The van der Waals surface area contributed by atoms with E-state index in [2.05, 4.69) is 6.92 Å². The van der Waals surface area contributed by atoms with Gasteiger partial charge >= 0.3 is 6.18 Å². The van der Waals surface area contributed by atoms with Gasteiger partial charge in [0.1, 0.15) is 5.82 Å². The minimum atomic E-state index is -4.61. The molecule has 0 radical (unpaired) electrons. The molecule has 0 N–H and O–H groups in total. The van der Waals surface area contributed by atoms with Gasteiger partial charge in [-0.05, 0) is 42.4 Å². The van der Waals surface area contributed by atoms with Gasteiger partial charge in [-0.2, -0.15) is 13.2 Å². The Kier molecular flexibility index (Phi) is 4.71. The molecule has 0 nitrogen and oxygen atoms in total. The van der Waals surface area contributed by atoms with Gasteiger partial charge in [0.25, 0.3) is 0 Å². The maximum absolute atomic E-state index is 13.4. The van der Waals surface area contributed by atoms with Crippen molar-refractivity contribution in [1.82, 2.24) is 0 Å². The van der Waals surface area contributed by atoms with Crippen LogP contribution in [0.25, 0.3) is 0 Å². The molecule has 112 valence electrons. The summed E-state index contributed by atoms with van der Waals surface area (Å²) in [7, 11) is 0. The molecule has 0 bridgehead atoms. The van der Waals surface area contributed by atoms with Crippen LogP contribution in [0.2, 0.25) is 0 Å². The minimum Gasteiger partial charge on any atom is -0.206 e. The average Bonchev–Trinajstić information content (AvgIpc) is 2.36. The summed E-state index contributed by atoms with van der Waals surface area (Å²) >= 11 is 0. The highest BCUT2D eigenvalue weighted by Gasteiger charge is 2.33. The van der Waals surface area contributed by atoms with Gasteiger partial charge in [0.05, 0.1) is 5.56 Å². The first-order valence-electron chi connectivity index (χ1n) is 7.22. The van der Waals surface area contributed by atoms with Crippen molar-refractivity contribution in [3.8, 4) is 0 Å². The molecule has 0 spiro atoms. The van der Waals surface area contributed by atoms with E-state index in [9.17, 15) is 17.6 Å². The van der Waals surface area contributed by atoms with E-state index in [1.165, 1.54) is 31.7 Å². The van der Waals surface area contributed by atoms with Crippen LogP contribution in [0, 0.1) is 17.7 Å². The lowest BCUT2D eigenvalue weighted by molar-refractivity contribution is -0.140. The normalized spacial score (nSPS) is 23.9. The van der Waals surface area contributed by atoms with Crippen molar-refractivity contribution in [2.24, 2.45) is 11.8 Å². The molecule has 2 rings (SSSR count). The molecule has 1 aliphatic rings. The van der Waals surface area contributed by atoms with Crippen LogP contribution in [0.4, 0.5) is 17.6 Å². The molecular formula is C16H20F4. The maximum Gasteiger partial charge on any atom is 0.419 e. The second-order valence-corrected chi connectivity index (χ2v) is 5.98. The van der Waals surface area contributed by atoms with E-state index in [-0.39, 0.29) is 0 Å². The number of halogens is 4. The summed E-state index contributed by atoms with van der Waals surface area (Å²) in [5, 5.41) is 0. The first kappa shape index (κ1) is 15.3. The fourth-order valence-electron chi connectivity index (χ4n) is 2.93. The Morgan fingerprint density at radius 2 is 1.75 bits per heavy atom. The minimum absolute atomic E-state index is 0.636. The lowest BCUT2D eigenvalue weighted by Crippen LogP contribution is -2.13. The quantitative estimate of drug-likeness (QED) is 0.635. The molecular weight excluding hydrogens is 268 g/mol. The summed E-state index contributed by atoms with van der Waals surface area (Å²) in [5.74, 6) is 0.263. The fraction of sp³-hybridized carbons (Fsp3) is 0.625. The van der Waals surface area contributed by atoms with Crippen LogP contribution in [0.5, 0.6) is 0 Å². The van der Waals surface area contributed by atoms with Crippen molar-refractivity contribution in [1.29, 1.82) is 0 Å². The van der Waals surface area contributed by atoms with E-state index >= 15 is 0 Å². The summed E-state index contributed by atoms with van der Waals surface area (Å²) in [6.07, 6.45) is 1.82. The topological polar surface area (TPSA) is 0 Å². The lowest BCUT2D eigenvalue weighted by atomic mass is 9.80. The van der Waals surface area contributed by atoms with E-state index in [1.807, 2.05) is 0 Å². The van der Waals surface area contributed by atoms with Crippen molar-refractivity contribution < 1.29 is 17.6 Å². The van der Waals surface area contributed by atoms with Gasteiger partial charge in [-0.1, -0.05) is 38.7 Å². The first-order chi connectivity index (χ1) is 9.36. The zero-order valence-corrected chi connectivity index (χ0v) is 11.6. The number of alkyl halides is 3. The maximum atomic E-state index is 13.4. The van der Waals surface area contributed by atoms with Crippen molar-refractivity contribution in [2.75, 3.05) is 0 Å². The SMILES string of the molecule is CC1CCC(CCc2ccc(C(F)(F)F)c(F)c2)CC1. The Labute approximate surface area is 117 Å². The third kappa shape index (κ3) is 3.97. The van der Waals surface area contributed by atoms with Crippen LogP contribution in [0.1, 0.15) is 50.2 Å². The Bertz CT molecular complexity index is 442. The van der Waals surface area contributed by atoms with Crippen LogP contribution in [-0.2, 0) is 12.6 Å². The van der Waals surface area contributed by atoms with Crippen LogP contribution in [-0.4, -0.2) is 0 Å². The molecule has 1 aliphatic carbocycles. The molecule has 0 aromatic heterocycles. The zero-order valence-electron chi connectivity index (χ0n) is 11.6. The molecule has 0 amide bonds. The molecule has 0 unspecified atom stereocenters. The third-order valence-corrected chi connectivity index (χ3v) is 4.32. The molecule has 1 fully saturated rings. The van der Waals surface area contributed by atoms with Crippen molar-refractivity contribution in [2.45, 2.75) is 51.6 Å². The second kappa shape index (κ2) is 6.15. The van der Waals surface area contributed by atoms with E-state index in [4.69, 9.17) is 0 Å². The second-order valence-electron chi connectivity index (χ2n) is 5.98. The molecule has 0 aliphatic heterocycles. The molecule has 20 heavy (non-hydrogen) atoms. The Morgan fingerprint density at radius 1 is 1.10 bits per heavy atom. The molecule has 1 aromatic rings. The van der Waals surface area contributed by atoms with Gasteiger partial charge in [-0.3, -0.25) is 0 Å². The van der Waals surface area contributed by atoms with Crippen LogP contribution in [0.15, 0.2) is 18.2 Å². The number of rotatable bonds is 3. The number of aryl methyl sites for hydroxylation is 1. The van der Waals surface area contributed by atoms with E-state index in [0.717, 1.165) is 24.5 Å². The first-order valence-corrected chi connectivity index (χ1v) is 7.22. The Hall–Kier alpha value is -1.06. The predicted molar refractivity (Wildman–Crippen MR) is 70.8 cm³/mol. The van der Waals surface area contributed by atoms with Gasteiger partial charge in [-0.15, -0.1) is 0 Å². The van der Waals surface area contributed by atoms with Crippen molar-refractivity contribution in [3.63, 3.8) is 0 Å². The Morgan fingerprint density at radius 3 is 2.30 bits per heavy atom. The summed E-state index contributed by atoms with van der Waals surface area (Å²) in [4.78, 5) is 0. The van der Waals surface area contributed by atoms with Crippen LogP contribution in [0.3, 0.4) is 0 Å². The van der Waals surface area contributed by atoms with E-state index < -0.39 is 17.6 Å². The van der Waals surface area contributed by atoms with Gasteiger partial charge in [0.2, 0.25) is 0 Å². The van der Waals surface area contributed by atoms with Gasteiger partial charge in [0.15, 0.2) is 0 Å². The molecule has 0 heterocycles. The molecule has 0 saturated heterocycles. The zero-order chi connectivity index (χ0) is 14.8. The number of benzene rings is 1. The smallest absolute Gasteiger partial charge is 0.206 e. The summed E-state index contributed by atoms with van der Waals surface area (Å²) < 4.78 is 50.8. The van der Waals surface area contributed by atoms with E-state index in [0.29, 0.717) is 17.9 Å². The molecule has 1 saturated carbocycles. The van der Waals surface area contributed by atoms with Gasteiger partial charge in [-0.25, -0.2) is 4.39 Å². The van der Waals surface area contributed by atoms with Gasteiger partial charge < -0.3 is 0 Å².